The van der Waals surface area contributed by atoms with E-state index in [1.54, 1.807) is 19.2 Å². The van der Waals surface area contributed by atoms with Crippen LogP contribution in [-0.4, -0.2) is 67.2 Å². The second-order valence-electron chi connectivity index (χ2n) is 8.91. The lowest BCUT2D eigenvalue weighted by Gasteiger charge is -2.37. The van der Waals surface area contributed by atoms with E-state index in [4.69, 9.17) is 14.1 Å². The average Bonchev–Trinajstić information content (AvgIpc) is 3.61. The molecule has 0 bridgehead atoms. The number of carbonyl (C=O) groups excluding carboxylic acids is 1. The summed E-state index contributed by atoms with van der Waals surface area (Å²) in [6.45, 7) is 4.82. The first kappa shape index (κ1) is 24.6. The normalized spacial score (nSPS) is 16.1. The molecule has 3 aromatic rings. The van der Waals surface area contributed by atoms with E-state index in [1.165, 1.54) is 17.8 Å². The first-order valence-corrected chi connectivity index (χ1v) is 13.2. The Morgan fingerprint density at radius 1 is 1.03 bits per heavy atom. The van der Waals surface area contributed by atoms with E-state index in [9.17, 15) is 9.18 Å². The van der Waals surface area contributed by atoms with Gasteiger partial charge in [0.05, 0.1) is 23.7 Å². The van der Waals surface area contributed by atoms with Gasteiger partial charge < -0.3 is 23.9 Å². The van der Waals surface area contributed by atoms with Crippen molar-refractivity contribution in [3.63, 3.8) is 0 Å². The third-order valence-electron chi connectivity index (χ3n) is 6.44. The van der Waals surface area contributed by atoms with Crippen molar-refractivity contribution in [1.82, 2.24) is 14.9 Å². The van der Waals surface area contributed by atoms with Gasteiger partial charge in [-0.05, 0) is 37.1 Å². The van der Waals surface area contributed by atoms with Crippen LogP contribution in [0.5, 0.6) is 0 Å². The molecule has 0 saturated carbocycles. The first-order valence-electron chi connectivity index (χ1n) is 12.2. The van der Waals surface area contributed by atoms with E-state index < -0.39 is 0 Å². The van der Waals surface area contributed by atoms with E-state index in [0.29, 0.717) is 47.8 Å². The molecule has 5 rings (SSSR count). The van der Waals surface area contributed by atoms with E-state index in [1.807, 2.05) is 29.2 Å². The van der Waals surface area contributed by atoms with E-state index in [2.05, 4.69) is 14.8 Å². The SMILES string of the molecule is COCc1cc(N2CCN(c3ccccc3F)CC2)nc(SCc2ccc(C(=O)N3CCCC3)o2)n1. The number of amides is 1. The Morgan fingerprint density at radius 2 is 1.78 bits per heavy atom. The number of carbonyl (C=O) groups is 1. The molecule has 0 unspecified atom stereocenters. The van der Waals surface area contributed by atoms with Crippen LogP contribution in [0.2, 0.25) is 0 Å². The number of nitrogens with zero attached hydrogens (tertiary/aromatic N) is 5. The van der Waals surface area contributed by atoms with Crippen LogP contribution in [0.4, 0.5) is 15.9 Å². The Bertz CT molecular complexity index is 1190. The number of rotatable bonds is 8. The van der Waals surface area contributed by atoms with Crippen molar-refractivity contribution in [2.45, 2.75) is 30.4 Å². The highest BCUT2D eigenvalue weighted by Gasteiger charge is 2.23. The molecule has 1 amide bonds. The van der Waals surface area contributed by atoms with Gasteiger partial charge in [-0.25, -0.2) is 14.4 Å². The lowest BCUT2D eigenvalue weighted by Crippen LogP contribution is -2.47. The monoisotopic (exact) mass is 511 g/mol. The highest BCUT2D eigenvalue weighted by molar-refractivity contribution is 7.98. The minimum atomic E-state index is -0.197. The zero-order valence-electron chi connectivity index (χ0n) is 20.4. The van der Waals surface area contributed by atoms with Crippen LogP contribution in [0.25, 0.3) is 0 Å². The molecule has 0 aliphatic carbocycles. The van der Waals surface area contributed by atoms with Crippen molar-refractivity contribution < 1.29 is 18.3 Å². The van der Waals surface area contributed by atoms with Gasteiger partial charge in [-0.15, -0.1) is 0 Å². The van der Waals surface area contributed by atoms with Gasteiger partial charge in [0.25, 0.3) is 5.91 Å². The number of benzene rings is 1. The second kappa shape index (κ2) is 11.3. The van der Waals surface area contributed by atoms with Crippen molar-refractivity contribution in [1.29, 1.82) is 0 Å². The quantitative estimate of drug-likeness (QED) is 0.329. The van der Waals surface area contributed by atoms with Gasteiger partial charge >= 0.3 is 0 Å². The maximum absolute atomic E-state index is 14.2. The van der Waals surface area contributed by atoms with E-state index in [-0.39, 0.29) is 11.7 Å². The lowest BCUT2D eigenvalue weighted by molar-refractivity contribution is 0.0759. The van der Waals surface area contributed by atoms with Crippen molar-refractivity contribution in [3.8, 4) is 0 Å². The van der Waals surface area contributed by atoms with Crippen LogP contribution in [-0.2, 0) is 17.1 Å². The number of anilines is 2. The summed E-state index contributed by atoms with van der Waals surface area (Å²) in [5.41, 5.74) is 1.43. The molecular formula is C26H30FN5O3S. The average molecular weight is 512 g/mol. The summed E-state index contributed by atoms with van der Waals surface area (Å²) in [6, 6.07) is 12.4. The Labute approximate surface area is 214 Å². The number of ether oxygens (including phenoxy) is 1. The maximum atomic E-state index is 14.2. The third kappa shape index (κ3) is 5.65. The molecule has 2 aromatic heterocycles. The fourth-order valence-corrected chi connectivity index (χ4v) is 5.34. The smallest absolute Gasteiger partial charge is 0.289 e. The molecule has 36 heavy (non-hydrogen) atoms. The zero-order valence-corrected chi connectivity index (χ0v) is 21.2. The number of methoxy groups -OCH3 is 1. The number of aromatic nitrogens is 2. The number of thioether (sulfide) groups is 1. The molecule has 0 atom stereocenters. The summed E-state index contributed by atoms with van der Waals surface area (Å²) >= 11 is 1.47. The summed E-state index contributed by atoms with van der Waals surface area (Å²) in [7, 11) is 1.64. The Hall–Kier alpha value is -3.11. The van der Waals surface area contributed by atoms with Crippen LogP contribution >= 0.6 is 11.8 Å². The highest BCUT2D eigenvalue weighted by atomic mass is 32.2. The molecule has 2 fully saturated rings. The summed E-state index contributed by atoms with van der Waals surface area (Å²) in [5, 5.41) is 0.625. The predicted molar refractivity (Wildman–Crippen MR) is 137 cm³/mol. The topological polar surface area (TPSA) is 74.9 Å². The largest absolute Gasteiger partial charge is 0.455 e. The van der Waals surface area contributed by atoms with Crippen molar-refractivity contribution in [2.75, 3.05) is 56.2 Å². The number of likely N-dealkylation sites (tertiary alicyclic amines) is 1. The lowest BCUT2D eigenvalue weighted by atomic mass is 10.2. The fraction of sp³-hybridized carbons (Fsp3) is 0.423. The molecule has 10 heteroatoms. The van der Waals surface area contributed by atoms with Crippen LogP contribution in [0, 0.1) is 5.82 Å². The minimum absolute atomic E-state index is 0.0427. The molecule has 8 nitrogen and oxygen atoms in total. The summed E-state index contributed by atoms with van der Waals surface area (Å²) in [6.07, 6.45) is 2.09. The number of halogens is 1. The number of para-hydroxylation sites is 1. The molecule has 0 radical (unpaired) electrons. The van der Waals surface area contributed by atoms with Crippen molar-refractivity contribution >= 4 is 29.2 Å². The second-order valence-corrected chi connectivity index (χ2v) is 9.86. The molecule has 2 aliphatic rings. The molecule has 4 heterocycles. The predicted octanol–water partition coefficient (Wildman–Crippen LogP) is 4.21. The number of hydrogen-bond donors (Lipinski definition) is 0. The summed E-state index contributed by atoms with van der Waals surface area (Å²) in [4.78, 5) is 28.1. The van der Waals surface area contributed by atoms with E-state index >= 15 is 0 Å². The summed E-state index contributed by atoms with van der Waals surface area (Å²) in [5.74, 6) is 2.20. The minimum Gasteiger partial charge on any atom is -0.455 e. The van der Waals surface area contributed by atoms with Crippen LogP contribution < -0.4 is 9.80 Å². The van der Waals surface area contributed by atoms with E-state index in [0.717, 1.165) is 50.5 Å². The molecular weight excluding hydrogens is 481 g/mol. The summed E-state index contributed by atoms with van der Waals surface area (Å²) < 4.78 is 25.4. The van der Waals surface area contributed by atoms with Gasteiger partial charge in [-0.1, -0.05) is 23.9 Å². The van der Waals surface area contributed by atoms with Crippen LogP contribution in [0.1, 0.15) is 34.9 Å². The van der Waals surface area contributed by atoms with Gasteiger partial charge in [-0.3, -0.25) is 4.79 Å². The van der Waals surface area contributed by atoms with Crippen LogP contribution in [0.15, 0.2) is 52.0 Å². The highest BCUT2D eigenvalue weighted by Crippen LogP contribution is 2.27. The van der Waals surface area contributed by atoms with Crippen molar-refractivity contribution in [3.05, 3.63) is 65.5 Å². The molecule has 1 aromatic carbocycles. The number of piperazine rings is 1. The fourth-order valence-electron chi connectivity index (χ4n) is 4.57. The Morgan fingerprint density at radius 3 is 2.53 bits per heavy atom. The Balaban J connectivity index is 1.24. The molecule has 2 aliphatic heterocycles. The van der Waals surface area contributed by atoms with Crippen molar-refractivity contribution in [2.24, 2.45) is 0 Å². The van der Waals surface area contributed by atoms with Gasteiger partial charge in [0.2, 0.25) is 0 Å². The Kier molecular flexibility index (Phi) is 7.72. The first-order chi connectivity index (χ1) is 17.6. The number of hydrogen-bond acceptors (Lipinski definition) is 8. The standard InChI is InChI=1S/C26H30FN5O3S/c1-34-17-19-16-24(31-14-12-30(13-15-31)22-7-3-2-6-21(22)27)29-26(28-19)36-18-20-8-9-23(35-20)25(33)32-10-4-5-11-32/h2-3,6-9,16H,4-5,10-15,17-18H2,1H3. The maximum Gasteiger partial charge on any atom is 0.289 e. The number of furan rings is 1. The van der Waals surface area contributed by atoms with Crippen LogP contribution in [0.3, 0.4) is 0 Å². The van der Waals surface area contributed by atoms with Gasteiger partial charge in [0.15, 0.2) is 10.9 Å². The molecule has 0 spiro atoms. The van der Waals surface area contributed by atoms with Gasteiger partial charge in [-0.2, -0.15) is 0 Å². The molecule has 2 saturated heterocycles. The molecule has 0 N–H and O–H groups in total. The zero-order chi connectivity index (χ0) is 24.9. The van der Waals surface area contributed by atoms with Gasteiger partial charge in [0, 0.05) is 52.4 Å². The van der Waals surface area contributed by atoms with Gasteiger partial charge in [0.1, 0.15) is 17.4 Å². The molecule has 190 valence electrons. The third-order valence-corrected chi connectivity index (χ3v) is 7.31.